The minimum Gasteiger partial charge on any atom is -0.488 e. The Kier molecular flexibility index (Phi) is 5.95. The number of imide groups is 1. The fourth-order valence-corrected chi connectivity index (χ4v) is 3.60. The van der Waals surface area contributed by atoms with E-state index in [0.29, 0.717) is 24.3 Å². The van der Waals surface area contributed by atoms with E-state index in [0.717, 1.165) is 31.6 Å². The Morgan fingerprint density at radius 1 is 1.15 bits per heavy atom. The second-order valence-corrected chi connectivity index (χ2v) is 7.07. The van der Waals surface area contributed by atoms with Gasteiger partial charge in [-0.25, -0.2) is 0 Å². The zero-order chi connectivity index (χ0) is 19.4. The van der Waals surface area contributed by atoms with Gasteiger partial charge in [0.15, 0.2) is 0 Å². The average Bonchev–Trinajstić information content (AvgIpc) is 2.65. The molecule has 0 bridgehead atoms. The van der Waals surface area contributed by atoms with Crippen molar-refractivity contribution in [3.8, 4) is 5.75 Å². The fraction of sp³-hybridized carbons (Fsp3) is 0.526. The third-order valence-electron chi connectivity index (χ3n) is 4.94. The summed E-state index contributed by atoms with van der Waals surface area (Å²) in [5.41, 5.74) is 1.34. The van der Waals surface area contributed by atoms with Crippen LogP contribution < -0.4 is 25.2 Å². The summed E-state index contributed by atoms with van der Waals surface area (Å²) < 4.78 is 6.24. The quantitative estimate of drug-likeness (QED) is 0.561. The molecule has 2 heterocycles. The number of amides is 3. The third kappa shape index (κ3) is 4.21. The molecule has 2 fully saturated rings. The van der Waals surface area contributed by atoms with Gasteiger partial charge in [0, 0.05) is 20.5 Å². The summed E-state index contributed by atoms with van der Waals surface area (Å²) in [6.45, 7) is 1.83. The molecule has 3 amide bonds. The summed E-state index contributed by atoms with van der Waals surface area (Å²) in [5.74, 6) is -0.0748. The summed E-state index contributed by atoms with van der Waals surface area (Å²) in [7, 11) is 3.75. The van der Waals surface area contributed by atoms with Crippen LogP contribution in [0.1, 0.15) is 25.7 Å². The van der Waals surface area contributed by atoms with E-state index in [1.54, 1.807) is 6.07 Å². The van der Waals surface area contributed by atoms with Crippen molar-refractivity contribution in [1.29, 1.82) is 0 Å². The van der Waals surface area contributed by atoms with E-state index in [2.05, 4.69) is 10.6 Å². The second-order valence-electron chi connectivity index (χ2n) is 7.07. The number of para-hydroxylation sites is 1. The van der Waals surface area contributed by atoms with Gasteiger partial charge >= 0.3 is 0 Å². The van der Waals surface area contributed by atoms with E-state index in [1.807, 2.05) is 31.1 Å². The fourth-order valence-electron chi connectivity index (χ4n) is 3.60. The minimum absolute atomic E-state index is 0.112. The van der Waals surface area contributed by atoms with Crippen LogP contribution in [0.15, 0.2) is 18.2 Å². The lowest BCUT2D eigenvalue weighted by Crippen LogP contribution is -2.52. The normalized spacial score (nSPS) is 20.7. The molecule has 27 heavy (non-hydrogen) atoms. The molecule has 0 spiro atoms. The first kappa shape index (κ1) is 19.2. The van der Waals surface area contributed by atoms with Crippen molar-refractivity contribution < 1.29 is 19.1 Å². The van der Waals surface area contributed by atoms with E-state index in [-0.39, 0.29) is 18.4 Å². The van der Waals surface area contributed by atoms with Gasteiger partial charge < -0.3 is 19.9 Å². The Morgan fingerprint density at radius 3 is 2.52 bits per heavy atom. The molecule has 1 atom stereocenters. The molecule has 0 radical (unpaired) electrons. The first-order valence-electron chi connectivity index (χ1n) is 9.26. The van der Waals surface area contributed by atoms with Crippen LogP contribution in [0.25, 0.3) is 0 Å². The molecule has 1 aromatic rings. The standard InChI is InChI=1S/C19H26N4O4/c1-22(2)18-14(23(12-24)15-6-7-17(25)21-19(15)26)4-3-5-16(18)27-13-8-10-20-11-9-13/h3-5,12-13,15,20H,6-11H2,1-2H3,(H,21,25,26). The highest BCUT2D eigenvalue weighted by molar-refractivity contribution is 6.05. The molecule has 2 saturated heterocycles. The number of hydrogen-bond acceptors (Lipinski definition) is 6. The average molecular weight is 374 g/mol. The van der Waals surface area contributed by atoms with Crippen LogP contribution in [-0.4, -0.2) is 57.6 Å². The number of carbonyl (C=O) groups excluding carboxylic acids is 3. The predicted octanol–water partition coefficient (Wildman–Crippen LogP) is 0.651. The molecule has 2 aliphatic rings. The largest absolute Gasteiger partial charge is 0.488 e. The first-order chi connectivity index (χ1) is 13.0. The Morgan fingerprint density at radius 2 is 1.89 bits per heavy atom. The maximum absolute atomic E-state index is 12.3. The molecule has 8 nitrogen and oxygen atoms in total. The zero-order valence-electron chi connectivity index (χ0n) is 15.7. The van der Waals surface area contributed by atoms with Crippen molar-refractivity contribution in [3.05, 3.63) is 18.2 Å². The molecule has 0 aliphatic carbocycles. The van der Waals surface area contributed by atoms with Crippen LogP contribution in [0.3, 0.4) is 0 Å². The smallest absolute Gasteiger partial charge is 0.249 e. The molecule has 2 N–H and O–H groups in total. The van der Waals surface area contributed by atoms with Gasteiger partial charge in [0.05, 0.1) is 5.69 Å². The van der Waals surface area contributed by atoms with E-state index < -0.39 is 11.9 Å². The second kappa shape index (κ2) is 8.39. The Balaban J connectivity index is 1.93. The SMILES string of the molecule is CN(C)c1c(OC2CCNCC2)cccc1N(C=O)C1CCC(=O)NC1=O. The highest BCUT2D eigenvalue weighted by Crippen LogP contribution is 2.39. The lowest BCUT2D eigenvalue weighted by molar-refractivity contribution is -0.134. The van der Waals surface area contributed by atoms with Crippen molar-refractivity contribution in [2.24, 2.45) is 0 Å². The Bertz CT molecular complexity index is 716. The van der Waals surface area contributed by atoms with Crippen LogP contribution in [0.4, 0.5) is 11.4 Å². The summed E-state index contributed by atoms with van der Waals surface area (Å²) >= 11 is 0. The maximum Gasteiger partial charge on any atom is 0.249 e. The predicted molar refractivity (Wildman–Crippen MR) is 102 cm³/mol. The number of anilines is 2. The third-order valence-corrected chi connectivity index (χ3v) is 4.94. The van der Waals surface area contributed by atoms with Gasteiger partial charge in [0.1, 0.15) is 23.6 Å². The van der Waals surface area contributed by atoms with Crippen molar-refractivity contribution in [2.45, 2.75) is 37.8 Å². The molecule has 2 aliphatic heterocycles. The van der Waals surface area contributed by atoms with Crippen LogP contribution in [0, 0.1) is 0 Å². The molecule has 1 unspecified atom stereocenters. The number of nitrogens with one attached hydrogen (secondary N) is 2. The highest BCUT2D eigenvalue weighted by atomic mass is 16.5. The molecule has 146 valence electrons. The van der Waals surface area contributed by atoms with Crippen molar-refractivity contribution >= 4 is 29.6 Å². The highest BCUT2D eigenvalue weighted by Gasteiger charge is 2.34. The van der Waals surface area contributed by atoms with Gasteiger partial charge in [-0.15, -0.1) is 0 Å². The number of piperidine rings is 2. The molecule has 8 heteroatoms. The lowest BCUT2D eigenvalue weighted by atomic mass is 10.0. The van der Waals surface area contributed by atoms with Crippen molar-refractivity contribution in [1.82, 2.24) is 10.6 Å². The van der Waals surface area contributed by atoms with Gasteiger partial charge in [-0.2, -0.15) is 0 Å². The van der Waals surface area contributed by atoms with Gasteiger partial charge in [-0.05, 0) is 44.5 Å². The Hall–Kier alpha value is -2.61. The lowest BCUT2D eigenvalue weighted by Gasteiger charge is -2.34. The minimum atomic E-state index is -0.715. The van der Waals surface area contributed by atoms with Crippen molar-refractivity contribution in [3.63, 3.8) is 0 Å². The van der Waals surface area contributed by atoms with Crippen LogP contribution in [-0.2, 0) is 14.4 Å². The zero-order valence-corrected chi connectivity index (χ0v) is 15.7. The van der Waals surface area contributed by atoms with Crippen molar-refractivity contribution in [2.75, 3.05) is 37.0 Å². The topological polar surface area (TPSA) is 91.0 Å². The number of hydrogen-bond donors (Lipinski definition) is 2. The molecule has 1 aromatic carbocycles. The summed E-state index contributed by atoms with van der Waals surface area (Å²) in [6, 6.07) is 4.78. The van der Waals surface area contributed by atoms with Gasteiger partial charge in [-0.3, -0.25) is 19.7 Å². The van der Waals surface area contributed by atoms with Crippen LogP contribution in [0.2, 0.25) is 0 Å². The molecular weight excluding hydrogens is 348 g/mol. The van der Waals surface area contributed by atoms with Crippen LogP contribution in [0.5, 0.6) is 5.75 Å². The van der Waals surface area contributed by atoms with Crippen LogP contribution >= 0.6 is 0 Å². The molecule has 0 saturated carbocycles. The number of ether oxygens (including phenoxy) is 1. The van der Waals surface area contributed by atoms with E-state index >= 15 is 0 Å². The summed E-state index contributed by atoms with van der Waals surface area (Å²) in [6.07, 6.45) is 3.11. The number of nitrogens with zero attached hydrogens (tertiary/aromatic N) is 2. The first-order valence-corrected chi connectivity index (χ1v) is 9.26. The monoisotopic (exact) mass is 374 g/mol. The maximum atomic E-state index is 12.3. The molecule has 0 aromatic heterocycles. The Labute approximate surface area is 158 Å². The van der Waals surface area contributed by atoms with Gasteiger partial charge in [-0.1, -0.05) is 6.07 Å². The summed E-state index contributed by atoms with van der Waals surface area (Å²) in [4.78, 5) is 38.9. The number of benzene rings is 1. The van der Waals surface area contributed by atoms with E-state index in [4.69, 9.17) is 4.74 Å². The van der Waals surface area contributed by atoms with Gasteiger partial charge in [0.25, 0.3) is 0 Å². The van der Waals surface area contributed by atoms with Gasteiger partial charge in [0.2, 0.25) is 18.2 Å². The summed E-state index contributed by atoms with van der Waals surface area (Å²) in [5, 5.41) is 5.62. The number of carbonyl (C=O) groups is 3. The number of rotatable bonds is 6. The van der Waals surface area contributed by atoms with E-state index in [1.165, 1.54) is 4.90 Å². The molecule has 3 rings (SSSR count). The molecular formula is C19H26N4O4. The van der Waals surface area contributed by atoms with E-state index in [9.17, 15) is 14.4 Å².